The van der Waals surface area contributed by atoms with Crippen LogP contribution in [0.2, 0.25) is 0 Å². The number of fused-ring (bicyclic) bond motifs is 7. The van der Waals surface area contributed by atoms with E-state index in [9.17, 15) is 0 Å². The predicted molar refractivity (Wildman–Crippen MR) is 262 cm³/mol. The molecule has 0 N–H and O–H groups in total. The highest BCUT2D eigenvalue weighted by Gasteiger charge is 2.46. The first-order valence-electron chi connectivity index (χ1n) is 27.2. The van der Waals surface area contributed by atoms with Gasteiger partial charge in [-0.05, 0) is 228 Å². The molecular weight excluding hydrogens is 745 g/mol. The molecule has 10 atom stereocenters. The van der Waals surface area contributed by atoms with Gasteiger partial charge in [-0.25, -0.2) is 0 Å². The third kappa shape index (κ3) is 12.8. The molecule has 6 nitrogen and oxygen atoms in total. The molecule has 0 radical (unpaired) electrons. The molecule has 61 heavy (non-hydrogen) atoms. The lowest BCUT2D eigenvalue weighted by Crippen LogP contribution is -2.52. The normalized spacial score (nSPS) is 46.0. The maximum Gasteiger partial charge on any atom is 0.00982 e. The van der Waals surface area contributed by atoms with E-state index in [2.05, 4.69) is 113 Å². The summed E-state index contributed by atoms with van der Waals surface area (Å²) >= 11 is 0. The van der Waals surface area contributed by atoms with Crippen molar-refractivity contribution in [2.75, 3.05) is 88.1 Å². The standard InChI is InChI=1S/C10H19N.5C9H17N/c1-8-6-9-4-3-5-10(7-8)11(9)2;1-7-3-8-5-10(2)6-9(8)4-7;1-7-3-8-5-9(4-7)10(2)6-8;1-8-5-9(6-8)3-4-10(2)7-9;1-8-3-4-9(5-8)6-10(2)7-9;1-7-5-8-3-4-9(6-7)10(8)2/h8-10H,3-7H2,1-2H3;2*7-9H,3-6H2,1-2H3;2*8H,3-7H2,1-2H3;7-9H,3-6H2,1-2H3. The fourth-order valence-electron chi connectivity index (χ4n) is 17.0. The van der Waals surface area contributed by atoms with E-state index in [-0.39, 0.29) is 0 Å². The van der Waals surface area contributed by atoms with E-state index in [4.69, 9.17) is 0 Å². The fourth-order valence-corrected chi connectivity index (χ4v) is 17.0. The molecule has 8 heterocycles. The Bertz CT molecular complexity index is 1210. The van der Waals surface area contributed by atoms with Gasteiger partial charge in [-0.15, -0.1) is 0 Å². The average molecular weight is 849 g/mol. The summed E-state index contributed by atoms with van der Waals surface area (Å²) in [4.78, 5) is 15.2. The monoisotopic (exact) mass is 849 g/mol. The Kier molecular flexibility index (Phi) is 16.9. The van der Waals surface area contributed by atoms with E-state index in [1.165, 1.54) is 174 Å². The molecule has 0 aromatic carbocycles. The number of hydrogen-bond donors (Lipinski definition) is 0. The summed E-state index contributed by atoms with van der Waals surface area (Å²) in [6, 6.07) is 4.67. The quantitative estimate of drug-likeness (QED) is 0.240. The van der Waals surface area contributed by atoms with Crippen LogP contribution in [-0.2, 0) is 0 Å². The van der Waals surface area contributed by atoms with Crippen LogP contribution in [0.4, 0.5) is 0 Å². The Morgan fingerprint density at radius 1 is 0.377 bits per heavy atom. The first-order chi connectivity index (χ1) is 29.0. The van der Waals surface area contributed by atoms with Crippen LogP contribution in [0.15, 0.2) is 0 Å². The van der Waals surface area contributed by atoms with Gasteiger partial charge >= 0.3 is 0 Å². The number of piperidine rings is 3. The summed E-state index contributed by atoms with van der Waals surface area (Å²) in [7, 11) is 13.6. The lowest BCUT2D eigenvalue weighted by Gasteiger charge is -2.46. The van der Waals surface area contributed by atoms with Crippen LogP contribution in [0, 0.1) is 64.1 Å². The molecule has 4 aliphatic carbocycles. The van der Waals surface area contributed by atoms with E-state index in [1.807, 2.05) is 0 Å². The predicted octanol–water partition coefficient (Wildman–Crippen LogP) is 11.0. The highest BCUT2D eigenvalue weighted by Crippen LogP contribution is 2.51. The summed E-state index contributed by atoms with van der Waals surface area (Å²) in [5.74, 6) is 9.17. The summed E-state index contributed by atoms with van der Waals surface area (Å²) in [6.45, 7) is 24.0. The molecule has 4 saturated carbocycles. The first-order valence-corrected chi connectivity index (χ1v) is 27.2. The van der Waals surface area contributed by atoms with Crippen molar-refractivity contribution >= 4 is 0 Å². The fraction of sp³-hybridized carbons (Fsp3) is 1.00. The molecule has 8 saturated heterocycles. The van der Waals surface area contributed by atoms with Crippen LogP contribution in [0.5, 0.6) is 0 Å². The van der Waals surface area contributed by atoms with Gasteiger partial charge in [0, 0.05) is 69.5 Å². The van der Waals surface area contributed by atoms with E-state index < -0.39 is 0 Å². The molecule has 6 heteroatoms. The number of nitrogens with zero attached hydrogens (tertiary/aromatic N) is 6. The van der Waals surface area contributed by atoms with E-state index >= 15 is 0 Å². The van der Waals surface area contributed by atoms with Crippen molar-refractivity contribution in [1.82, 2.24) is 29.4 Å². The average Bonchev–Trinajstić information content (AvgIpc) is 3.98. The van der Waals surface area contributed by atoms with Crippen molar-refractivity contribution in [2.24, 2.45) is 64.1 Å². The van der Waals surface area contributed by atoms with Crippen LogP contribution in [-0.4, -0.2) is 148 Å². The van der Waals surface area contributed by atoms with Gasteiger partial charge in [0.1, 0.15) is 0 Å². The molecule has 12 aliphatic rings. The van der Waals surface area contributed by atoms with Crippen molar-refractivity contribution in [3.63, 3.8) is 0 Å². The second-order valence-electron chi connectivity index (χ2n) is 26.2. The highest BCUT2D eigenvalue weighted by atomic mass is 15.2. The summed E-state index contributed by atoms with van der Waals surface area (Å²) in [5, 5.41) is 0. The molecule has 354 valence electrons. The largest absolute Gasteiger partial charge is 0.306 e. The summed E-state index contributed by atoms with van der Waals surface area (Å²) in [5.41, 5.74) is 1.57. The van der Waals surface area contributed by atoms with Gasteiger partial charge in [-0.1, -0.05) is 54.4 Å². The molecule has 2 spiro atoms. The molecule has 0 aromatic heterocycles. The topological polar surface area (TPSA) is 19.4 Å². The van der Waals surface area contributed by atoms with Gasteiger partial charge in [0.05, 0.1) is 0 Å². The highest BCUT2D eigenvalue weighted by molar-refractivity contribution is 4.99. The maximum atomic E-state index is 2.63. The molecule has 6 bridgehead atoms. The van der Waals surface area contributed by atoms with E-state index in [0.29, 0.717) is 0 Å². The number of hydrogen-bond acceptors (Lipinski definition) is 6. The van der Waals surface area contributed by atoms with Gasteiger partial charge in [0.25, 0.3) is 0 Å². The minimum absolute atomic E-state index is 0.786. The van der Waals surface area contributed by atoms with Crippen LogP contribution in [0.3, 0.4) is 0 Å². The van der Waals surface area contributed by atoms with Gasteiger partial charge in [-0.3, -0.25) is 0 Å². The van der Waals surface area contributed by atoms with Crippen LogP contribution < -0.4 is 0 Å². The third-order valence-corrected chi connectivity index (χ3v) is 19.6. The van der Waals surface area contributed by atoms with Gasteiger partial charge in [0.15, 0.2) is 0 Å². The summed E-state index contributed by atoms with van der Waals surface area (Å²) in [6.07, 6.45) is 29.5. The zero-order chi connectivity index (χ0) is 43.6. The molecule has 12 fully saturated rings. The van der Waals surface area contributed by atoms with Gasteiger partial charge in [-0.2, -0.15) is 0 Å². The summed E-state index contributed by atoms with van der Waals surface area (Å²) < 4.78 is 0. The Balaban J connectivity index is 0.000000110. The Morgan fingerprint density at radius 2 is 0.852 bits per heavy atom. The van der Waals surface area contributed by atoms with Gasteiger partial charge < -0.3 is 29.4 Å². The minimum Gasteiger partial charge on any atom is -0.306 e. The van der Waals surface area contributed by atoms with E-state index in [1.54, 1.807) is 0 Å². The second kappa shape index (κ2) is 21.2. The zero-order valence-corrected chi connectivity index (χ0v) is 42.9. The van der Waals surface area contributed by atoms with Gasteiger partial charge in [0.2, 0.25) is 0 Å². The van der Waals surface area contributed by atoms with Crippen molar-refractivity contribution in [2.45, 2.75) is 200 Å². The second-order valence-corrected chi connectivity index (χ2v) is 26.2. The van der Waals surface area contributed by atoms with Crippen LogP contribution in [0.25, 0.3) is 0 Å². The lowest BCUT2D eigenvalue weighted by molar-refractivity contribution is 0.0258. The van der Waals surface area contributed by atoms with Crippen molar-refractivity contribution < 1.29 is 0 Å². The lowest BCUT2D eigenvalue weighted by atomic mass is 9.62. The first kappa shape index (κ1) is 48.7. The number of likely N-dealkylation sites (tertiary alicyclic amines) is 4. The molecule has 0 aromatic rings. The Morgan fingerprint density at radius 3 is 1.31 bits per heavy atom. The van der Waals surface area contributed by atoms with Crippen LogP contribution in [0.1, 0.15) is 170 Å². The number of rotatable bonds is 0. The van der Waals surface area contributed by atoms with E-state index in [0.717, 1.165) is 94.3 Å². The van der Waals surface area contributed by atoms with Crippen LogP contribution >= 0.6 is 0 Å². The molecule has 0 amide bonds. The molecule has 10 unspecified atom stereocenters. The minimum atomic E-state index is 0.786. The van der Waals surface area contributed by atoms with Crippen molar-refractivity contribution in [3.8, 4) is 0 Å². The zero-order valence-electron chi connectivity index (χ0n) is 42.9. The third-order valence-electron chi connectivity index (χ3n) is 19.6. The SMILES string of the molecule is CC1CC2(CCN(C)C2)C1.CC1CC2CC(C1)N(C)C2.CC1CC2CCC(C1)N2C.CC1CC2CCCC(C1)N2C.CC1CC2CN(C)CC2C1.CC1CCC2(C1)CN(C)C2. The Hall–Kier alpha value is -0.240. The smallest absolute Gasteiger partial charge is 0.00982 e. The maximum absolute atomic E-state index is 2.63. The Labute approximate surface area is 380 Å². The van der Waals surface area contributed by atoms with Crippen molar-refractivity contribution in [1.29, 1.82) is 0 Å². The molecule has 12 rings (SSSR count). The van der Waals surface area contributed by atoms with Crippen molar-refractivity contribution in [3.05, 3.63) is 0 Å². The molecule has 8 aliphatic heterocycles. The molecular formula is C55H104N6.